The van der Waals surface area contributed by atoms with Crippen molar-refractivity contribution in [2.75, 3.05) is 19.6 Å². The first-order valence-corrected chi connectivity index (χ1v) is 8.90. The highest BCUT2D eigenvalue weighted by Crippen LogP contribution is 2.30. The summed E-state index contributed by atoms with van der Waals surface area (Å²) < 4.78 is 0. The van der Waals surface area contributed by atoms with Gasteiger partial charge in [0.1, 0.15) is 0 Å². The predicted octanol–water partition coefficient (Wildman–Crippen LogP) is 3.24. The summed E-state index contributed by atoms with van der Waals surface area (Å²) in [6.07, 6.45) is 2.44. The van der Waals surface area contributed by atoms with E-state index in [0.717, 1.165) is 23.2 Å². The lowest BCUT2D eigenvalue weighted by Gasteiger charge is -2.44. The monoisotopic (exact) mass is 312 g/mol. The number of hydrogen-bond acceptors (Lipinski definition) is 3. The van der Waals surface area contributed by atoms with Crippen molar-refractivity contribution in [3.8, 4) is 11.1 Å². The van der Waals surface area contributed by atoms with E-state index < -0.39 is 0 Å². The highest BCUT2D eigenvalue weighted by molar-refractivity contribution is 7.08. The average molecular weight is 312 g/mol. The fourth-order valence-electron chi connectivity index (χ4n) is 3.69. The Morgan fingerprint density at radius 3 is 2.59 bits per heavy atom. The molecule has 3 fully saturated rings. The number of hydrogen-bond donors (Lipinski definition) is 1. The zero-order valence-electron chi connectivity index (χ0n) is 12.5. The number of thiophene rings is 1. The van der Waals surface area contributed by atoms with Gasteiger partial charge >= 0.3 is 0 Å². The van der Waals surface area contributed by atoms with E-state index in [-0.39, 0.29) is 5.91 Å². The van der Waals surface area contributed by atoms with Gasteiger partial charge in [-0.2, -0.15) is 11.3 Å². The number of fused-ring (bicyclic) bond motifs is 3. The summed E-state index contributed by atoms with van der Waals surface area (Å²) in [5.41, 5.74) is 2.97. The summed E-state index contributed by atoms with van der Waals surface area (Å²) in [7, 11) is 0. The first kappa shape index (κ1) is 14.0. The Morgan fingerprint density at radius 2 is 1.91 bits per heavy atom. The Kier molecular flexibility index (Phi) is 3.72. The Morgan fingerprint density at radius 1 is 1.14 bits per heavy atom. The zero-order chi connectivity index (χ0) is 14.9. The van der Waals surface area contributed by atoms with Crippen LogP contribution in [0.5, 0.6) is 0 Å². The molecule has 0 saturated carbocycles. The molecule has 5 rings (SSSR count). The number of carbonyl (C=O) groups is 1. The van der Waals surface area contributed by atoms with E-state index in [4.69, 9.17) is 0 Å². The number of nitrogens with one attached hydrogen (secondary N) is 1. The Balaban J connectivity index is 1.53. The molecule has 1 atom stereocenters. The average Bonchev–Trinajstić information content (AvgIpc) is 3.06. The van der Waals surface area contributed by atoms with Gasteiger partial charge in [0, 0.05) is 23.5 Å². The Hall–Kier alpha value is -1.65. The molecule has 0 radical (unpaired) electrons. The standard InChI is InChI=1S/C18H20N2OS/c21-18(19-17-10-20-8-6-14(17)7-9-20)16-12-22-11-15(16)13-4-2-1-3-5-13/h1-5,11-12,14,17H,6-10H2,(H,19,21). The number of rotatable bonds is 3. The first-order valence-electron chi connectivity index (χ1n) is 7.96. The highest BCUT2D eigenvalue weighted by atomic mass is 32.1. The van der Waals surface area contributed by atoms with Gasteiger partial charge in [-0.3, -0.25) is 4.79 Å². The number of carbonyl (C=O) groups excluding carboxylic acids is 1. The van der Waals surface area contributed by atoms with Crippen LogP contribution in [0.1, 0.15) is 23.2 Å². The molecule has 114 valence electrons. The molecule has 2 aromatic rings. The van der Waals surface area contributed by atoms with Crippen LogP contribution in [-0.2, 0) is 0 Å². The molecule has 1 aromatic heterocycles. The van der Waals surface area contributed by atoms with Gasteiger partial charge in [0.05, 0.1) is 5.56 Å². The van der Waals surface area contributed by atoms with E-state index in [1.54, 1.807) is 11.3 Å². The quantitative estimate of drug-likeness (QED) is 0.943. The lowest BCUT2D eigenvalue weighted by Crippen LogP contribution is -2.57. The van der Waals surface area contributed by atoms with Crippen LogP contribution in [0, 0.1) is 5.92 Å². The molecule has 1 N–H and O–H groups in total. The van der Waals surface area contributed by atoms with Crippen molar-refractivity contribution in [1.29, 1.82) is 0 Å². The van der Waals surface area contributed by atoms with E-state index in [1.165, 1.54) is 25.9 Å². The second-order valence-corrected chi connectivity index (χ2v) is 7.03. The van der Waals surface area contributed by atoms with E-state index >= 15 is 0 Å². The molecule has 3 nitrogen and oxygen atoms in total. The summed E-state index contributed by atoms with van der Waals surface area (Å²) >= 11 is 1.60. The molecular formula is C18H20N2OS. The molecule has 3 aliphatic heterocycles. The fraction of sp³-hybridized carbons (Fsp3) is 0.389. The van der Waals surface area contributed by atoms with Crippen molar-refractivity contribution in [1.82, 2.24) is 10.2 Å². The van der Waals surface area contributed by atoms with Crippen LogP contribution >= 0.6 is 11.3 Å². The van der Waals surface area contributed by atoms with Crippen molar-refractivity contribution < 1.29 is 4.79 Å². The summed E-state index contributed by atoms with van der Waals surface area (Å²) in [5.74, 6) is 0.742. The minimum atomic E-state index is 0.0823. The van der Waals surface area contributed by atoms with Gasteiger partial charge in [0.25, 0.3) is 5.91 Å². The lowest BCUT2D eigenvalue weighted by atomic mass is 9.84. The van der Waals surface area contributed by atoms with Gasteiger partial charge < -0.3 is 10.2 Å². The molecule has 1 aromatic carbocycles. The Labute approximate surface area is 135 Å². The maximum absolute atomic E-state index is 12.7. The minimum absolute atomic E-state index is 0.0823. The van der Waals surface area contributed by atoms with Crippen LogP contribution < -0.4 is 5.32 Å². The molecule has 1 unspecified atom stereocenters. The van der Waals surface area contributed by atoms with Gasteiger partial charge in [-0.25, -0.2) is 0 Å². The van der Waals surface area contributed by atoms with Gasteiger partial charge in [0.2, 0.25) is 0 Å². The van der Waals surface area contributed by atoms with Crippen molar-refractivity contribution in [2.24, 2.45) is 5.92 Å². The van der Waals surface area contributed by atoms with E-state index in [9.17, 15) is 4.79 Å². The van der Waals surface area contributed by atoms with E-state index in [1.807, 2.05) is 23.6 Å². The normalized spacial score (nSPS) is 26.8. The Bertz CT molecular complexity index is 659. The van der Waals surface area contributed by atoms with Crippen molar-refractivity contribution in [3.05, 3.63) is 46.7 Å². The molecule has 4 heterocycles. The predicted molar refractivity (Wildman–Crippen MR) is 90.2 cm³/mol. The maximum atomic E-state index is 12.7. The number of piperidine rings is 3. The third-order valence-corrected chi connectivity index (χ3v) is 5.71. The van der Waals surface area contributed by atoms with Crippen molar-refractivity contribution >= 4 is 17.2 Å². The smallest absolute Gasteiger partial charge is 0.253 e. The second kappa shape index (κ2) is 5.86. The van der Waals surface area contributed by atoms with Gasteiger partial charge in [-0.05, 0) is 42.8 Å². The van der Waals surface area contributed by atoms with Crippen LogP contribution in [-0.4, -0.2) is 36.5 Å². The third kappa shape index (κ3) is 2.57. The maximum Gasteiger partial charge on any atom is 0.253 e. The number of amides is 1. The van der Waals surface area contributed by atoms with Crippen LogP contribution in [0.3, 0.4) is 0 Å². The lowest BCUT2D eigenvalue weighted by molar-refractivity contribution is 0.0621. The summed E-state index contributed by atoms with van der Waals surface area (Å²) in [4.78, 5) is 15.2. The van der Waals surface area contributed by atoms with Crippen LogP contribution in [0.25, 0.3) is 11.1 Å². The van der Waals surface area contributed by atoms with Gasteiger partial charge in [-0.15, -0.1) is 0 Å². The third-order valence-electron chi connectivity index (χ3n) is 4.96. The van der Waals surface area contributed by atoms with E-state index in [2.05, 4.69) is 27.7 Å². The van der Waals surface area contributed by atoms with Crippen LogP contribution in [0.15, 0.2) is 41.1 Å². The summed E-state index contributed by atoms with van der Waals surface area (Å²) in [6.45, 7) is 3.41. The van der Waals surface area contributed by atoms with E-state index in [0.29, 0.717) is 12.0 Å². The molecule has 3 aliphatic rings. The molecule has 0 spiro atoms. The zero-order valence-corrected chi connectivity index (χ0v) is 13.3. The van der Waals surface area contributed by atoms with Crippen LogP contribution in [0.2, 0.25) is 0 Å². The van der Waals surface area contributed by atoms with Crippen molar-refractivity contribution in [2.45, 2.75) is 18.9 Å². The topological polar surface area (TPSA) is 32.3 Å². The molecule has 3 saturated heterocycles. The second-order valence-electron chi connectivity index (χ2n) is 6.28. The number of nitrogens with zero attached hydrogens (tertiary/aromatic N) is 1. The van der Waals surface area contributed by atoms with Gasteiger partial charge in [-0.1, -0.05) is 30.3 Å². The molecule has 0 aliphatic carbocycles. The van der Waals surface area contributed by atoms with Crippen LogP contribution in [0.4, 0.5) is 0 Å². The highest BCUT2D eigenvalue weighted by Gasteiger charge is 2.35. The summed E-state index contributed by atoms with van der Waals surface area (Å²) in [6, 6.07) is 10.5. The number of benzene rings is 1. The minimum Gasteiger partial charge on any atom is -0.348 e. The fourth-order valence-corrected chi connectivity index (χ4v) is 4.53. The SMILES string of the molecule is O=C(NC1CN2CCC1CC2)c1cscc1-c1ccccc1. The molecule has 1 amide bonds. The largest absolute Gasteiger partial charge is 0.348 e. The summed E-state index contributed by atoms with van der Waals surface area (Å²) in [5, 5.41) is 7.33. The van der Waals surface area contributed by atoms with Gasteiger partial charge in [0.15, 0.2) is 0 Å². The first-order chi connectivity index (χ1) is 10.8. The molecule has 2 bridgehead atoms. The molecule has 22 heavy (non-hydrogen) atoms. The molecular weight excluding hydrogens is 292 g/mol. The molecule has 4 heteroatoms. The van der Waals surface area contributed by atoms with Crippen molar-refractivity contribution in [3.63, 3.8) is 0 Å².